The minimum atomic E-state index is 0.652. The van der Waals surface area contributed by atoms with E-state index < -0.39 is 0 Å². The highest BCUT2D eigenvalue weighted by Crippen LogP contribution is 2.41. The van der Waals surface area contributed by atoms with E-state index in [1.807, 2.05) is 42.5 Å². The van der Waals surface area contributed by atoms with E-state index in [1.165, 1.54) is 0 Å². The molecule has 3 rings (SSSR count). The molecule has 0 bridgehead atoms. The number of fused-ring (bicyclic) bond motifs is 1. The van der Waals surface area contributed by atoms with Gasteiger partial charge in [-0.2, -0.15) is 0 Å². The fourth-order valence-electron chi connectivity index (χ4n) is 3.42. The Hall–Kier alpha value is -2.99. The van der Waals surface area contributed by atoms with Crippen LogP contribution in [0.3, 0.4) is 0 Å². The number of hydrogen-bond acceptors (Lipinski definition) is 6. The maximum atomic E-state index is 6.20. The van der Waals surface area contributed by atoms with Gasteiger partial charge in [0.25, 0.3) is 0 Å². The molecular formula is C24H31N3O3. The molecule has 0 unspecified atom stereocenters. The van der Waals surface area contributed by atoms with Gasteiger partial charge in [-0.05, 0) is 62.5 Å². The number of ether oxygens (including phenoxy) is 3. The zero-order valence-electron chi connectivity index (χ0n) is 18.3. The number of aromatic nitrogens is 1. The maximum absolute atomic E-state index is 6.20. The lowest BCUT2D eigenvalue weighted by Gasteiger charge is -2.19. The van der Waals surface area contributed by atoms with Crippen LogP contribution in [0.15, 0.2) is 48.7 Å². The lowest BCUT2D eigenvalue weighted by Crippen LogP contribution is -2.25. The third kappa shape index (κ3) is 5.13. The zero-order chi connectivity index (χ0) is 21.3. The van der Waals surface area contributed by atoms with Crippen LogP contribution in [0.25, 0.3) is 10.9 Å². The monoisotopic (exact) mass is 409 g/mol. The van der Waals surface area contributed by atoms with Crippen molar-refractivity contribution in [3.05, 3.63) is 48.7 Å². The van der Waals surface area contributed by atoms with Crippen LogP contribution in [0.5, 0.6) is 23.0 Å². The van der Waals surface area contributed by atoms with Crippen molar-refractivity contribution in [3.63, 3.8) is 0 Å². The van der Waals surface area contributed by atoms with Gasteiger partial charge in [0.15, 0.2) is 11.5 Å². The molecule has 160 valence electrons. The van der Waals surface area contributed by atoms with E-state index >= 15 is 0 Å². The second-order valence-corrected chi connectivity index (χ2v) is 6.94. The zero-order valence-corrected chi connectivity index (χ0v) is 18.3. The average molecular weight is 410 g/mol. The minimum Gasteiger partial charge on any atom is -0.497 e. The highest BCUT2D eigenvalue weighted by atomic mass is 16.5. The fraction of sp³-hybridized carbons (Fsp3) is 0.375. The van der Waals surface area contributed by atoms with Crippen molar-refractivity contribution in [1.82, 2.24) is 9.88 Å². The van der Waals surface area contributed by atoms with Crippen LogP contribution in [-0.4, -0.2) is 50.3 Å². The predicted molar refractivity (Wildman–Crippen MR) is 122 cm³/mol. The third-order valence-corrected chi connectivity index (χ3v) is 5.17. The Kier molecular flexibility index (Phi) is 7.74. The van der Waals surface area contributed by atoms with E-state index in [0.29, 0.717) is 17.2 Å². The van der Waals surface area contributed by atoms with Crippen LogP contribution in [0.4, 0.5) is 5.69 Å². The van der Waals surface area contributed by atoms with Crippen molar-refractivity contribution in [2.75, 3.05) is 45.7 Å². The van der Waals surface area contributed by atoms with Gasteiger partial charge in [0, 0.05) is 24.2 Å². The Morgan fingerprint density at radius 2 is 1.70 bits per heavy atom. The Morgan fingerprint density at radius 3 is 2.37 bits per heavy atom. The lowest BCUT2D eigenvalue weighted by molar-refractivity contribution is 0.303. The van der Waals surface area contributed by atoms with Gasteiger partial charge in [-0.15, -0.1) is 0 Å². The molecule has 0 aliphatic rings. The number of pyridine rings is 1. The summed E-state index contributed by atoms with van der Waals surface area (Å²) in [6.45, 7) is 8.48. The summed E-state index contributed by atoms with van der Waals surface area (Å²) in [6, 6.07) is 13.4. The topological polar surface area (TPSA) is 55.9 Å². The first-order valence-electron chi connectivity index (χ1n) is 10.4. The Bertz CT molecular complexity index is 940. The molecule has 0 aliphatic carbocycles. The average Bonchev–Trinajstić information content (AvgIpc) is 2.80. The molecule has 2 aromatic carbocycles. The second kappa shape index (κ2) is 10.7. The Balaban J connectivity index is 1.85. The summed E-state index contributed by atoms with van der Waals surface area (Å²) in [5.74, 6) is 2.81. The number of anilines is 1. The van der Waals surface area contributed by atoms with Crippen molar-refractivity contribution >= 4 is 16.6 Å². The summed E-state index contributed by atoms with van der Waals surface area (Å²) in [5, 5.41) is 4.43. The Labute approximate surface area is 178 Å². The van der Waals surface area contributed by atoms with Gasteiger partial charge < -0.3 is 24.4 Å². The molecule has 0 saturated carbocycles. The highest BCUT2D eigenvalue weighted by Gasteiger charge is 2.16. The quantitative estimate of drug-likeness (QED) is 0.440. The number of nitrogens with zero attached hydrogens (tertiary/aromatic N) is 2. The molecule has 6 nitrogen and oxygen atoms in total. The van der Waals surface area contributed by atoms with Gasteiger partial charge in [-0.1, -0.05) is 13.8 Å². The van der Waals surface area contributed by atoms with Gasteiger partial charge in [-0.3, -0.25) is 4.98 Å². The molecule has 1 N–H and O–H groups in total. The first-order valence-corrected chi connectivity index (χ1v) is 10.4. The van der Waals surface area contributed by atoms with Crippen LogP contribution in [0, 0.1) is 0 Å². The first kappa shape index (κ1) is 21.7. The van der Waals surface area contributed by atoms with Gasteiger partial charge in [0.1, 0.15) is 11.5 Å². The smallest absolute Gasteiger partial charge is 0.178 e. The molecule has 0 amide bonds. The molecule has 1 aromatic heterocycles. The standard InChI is InChI=1S/C24H31N3O3/c1-5-27(6-2)16-8-15-25-21-17-22(29-4)24(20-9-7-14-26-23(20)21)30-19-12-10-18(28-3)11-13-19/h7,9-14,17,25H,5-6,8,15-16H2,1-4H3. The van der Waals surface area contributed by atoms with Crippen LogP contribution in [-0.2, 0) is 0 Å². The van der Waals surface area contributed by atoms with Crippen LogP contribution >= 0.6 is 0 Å². The van der Waals surface area contributed by atoms with Gasteiger partial charge >= 0.3 is 0 Å². The number of nitrogens with one attached hydrogen (secondary N) is 1. The molecule has 0 aliphatic heterocycles. The Morgan fingerprint density at radius 1 is 0.967 bits per heavy atom. The maximum Gasteiger partial charge on any atom is 0.178 e. The molecule has 1 heterocycles. The molecule has 0 fully saturated rings. The number of hydrogen-bond donors (Lipinski definition) is 1. The molecule has 0 radical (unpaired) electrons. The van der Waals surface area contributed by atoms with E-state index in [-0.39, 0.29) is 0 Å². The van der Waals surface area contributed by atoms with Crippen molar-refractivity contribution in [3.8, 4) is 23.0 Å². The lowest BCUT2D eigenvalue weighted by atomic mass is 10.1. The molecule has 0 spiro atoms. The third-order valence-electron chi connectivity index (χ3n) is 5.17. The van der Waals surface area contributed by atoms with Crippen molar-refractivity contribution < 1.29 is 14.2 Å². The summed E-state index contributed by atoms with van der Waals surface area (Å²) in [5.41, 5.74) is 1.81. The summed E-state index contributed by atoms with van der Waals surface area (Å²) >= 11 is 0. The fourth-order valence-corrected chi connectivity index (χ4v) is 3.42. The predicted octanol–water partition coefficient (Wildman–Crippen LogP) is 5.19. The molecule has 3 aromatic rings. The van der Waals surface area contributed by atoms with E-state index in [1.54, 1.807) is 20.4 Å². The molecule has 30 heavy (non-hydrogen) atoms. The van der Waals surface area contributed by atoms with E-state index in [2.05, 4.69) is 29.0 Å². The molecule has 0 atom stereocenters. The van der Waals surface area contributed by atoms with E-state index in [4.69, 9.17) is 14.2 Å². The minimum absolute atomic E-state index is 0.652. The van der Waals surface area contributed by atoms with Crippen molar-refractivity contribution in [2.45, 2.75) is 20.3 Å². The number of benzene rings is 2. The van der Waals surface area contributed by atoms with Gasteiger partial charge in [-0.25, -0.2) is 0 Å². The summed E-state index contributed by atoms with van der Waals surface area (Å²) < 4.78 is 17.1. The summed E-state index contributed by atoms with van der Waals surface area (Å²) in [6.07, 6.45) is 2.86. The summed E-state index contributed by atoms with van der Waals surface area (Å²) in [7, 11) is 3.30. The van der Waals surface area contributed by atoms with Crippen molar-refractivity contribution in [1.29, 1.82) is 0 Å². The molecular weight excluding hydrogens is 378 g/mol. The first-order chi connectivity index (χ1) is 14.7. The molecule has 0 saturated heterocycles. The van der Waals surface area contributed by atoms with Gasteiger partial charge in [0.2, 0.25) is 0 Å². The number of rotatable bonds is 11. The normalized spacial score (nSPS) is 11.0. The second-order valence-electron chi connectivity index (χ2n) is 6.94. The van der Waals surface area contributed by atoms with Crippen LogP contribution in [0.2, 0.25) is 0 Å². The highest BCUT2D eigenvalue weighted by molar-refractivity contribution is 5.97. The van der Waals surface area contributed by atoms with E-state index in [9.17, 15) is 0 Å². The molecule has 6 heteroatoms. The number of methoxy groups -OCH3 is 2. The largest absolute Gasteiger partial charge is 0.497 e. The SMILES string of the molecule is CCN(CC)CCCNc1cc(OC)c(Oc2ccc(OC)cc2)c2cccnc12. The van der Waals surface area contributed by atoms with Gasteiger partial charge in [0.05, 0.1) is 25.4 Å². The van der Waals surface area contributed by atoms with E-state index in [0.717, 1.165) is 54.9 Å². The van der Waals surface area contributed by atoms with Crippen LogP contribution in [0.1, 0.15) is 20.3 Å². The summed E-state index contributed by atoms with van der Waals surface area (Å²) in [4.78, 5) is 7.02. The van der Waals surface area contributed by atoms with Crippen LogP contribution < -0.4 is 19.5 Å². The van der Waals surface area contributed by atoms with Crippen molar-refractivity contribution in [2.24, 2.45) is 0 Å².